The maximum Gasteiger partial charge on any atom is 0.323 e. The van der Waals surface area contributed by atoms with Gasteiger partial charge in [0.05, 0.1) is 6.61 Å². The van der Waals surface area contributed by atoms with Crippen LogP contribution < -0.4 is 5.32 Å². The number of nitrogens with zero attached hydrogens (tertiary/aromatic N) is 1. The standard InChI is InChI=1S/C16H34N2O3/c1-6-17-16(4,15(19)20)9-7-8-10-18(11-12-21-5)13-14(2)3/h14,17H,6-13H2,1-5H3,(H,19,20). The number of carboxylic acids is 1. The molecular weight excluding hydrogens is 268 g/mol. The van der Waals surface area contributed by atoms with E-state index in [1.807, 2.05) is 6.92 Å². The van der Waals surface area contributed by atoms with E-state index in [1.165, 1.54) is 0 Å². The molecule has 5 nitrogen and oxygen atoms in total. The largest absolute Gasteiger partial charge is 0.480 e. The molecule has 0 radical (unpaired) electrons. The molecule has 0 aliphatic carbocycles. The Balaban J connectivity index is 4.14. The SMILES string of the molecule is CCNC(C)(CCCCN(CCOC)CC(C)C)C(=O)O. The molecule has 1 atom stereocenters. The first-order valence-electron chi connectivity index (χ1n) is 8.05. The second kappa shape index (κ2) is 11.0. The highest BCUT2D eigenvalue weighted by Crippen LogP contribution is 2.15. The predicted molar refractivity (Wildman–Crippen MR) is 86.7 cm³/mol. The average molecular weight is 302 g/mol. The lowest BCUT2D eigenvalue weighted by atomic mass is 9.94. The molecule has 0 saturated heterocycles. The van der Waals surface area contributed by atoms with E-state index in [0.29, 0.717) is 18.9 Å². The van der Waals surface area contributed by atoms with Gasteiger partial charge in [0, 0.05) is 20.2 Å². The normalized spacial score (nSPS) is 14.6. The number of aliphatic carboxylic acids is 1. The number of carboxylic acid groups (broad SMARTS) is 1. The van der Waals surface area contributed by atoms with Crippen molar-refractivity contribution in [3.63, 3.8) is 0 Å². The van der Waals surface area contributed by atoms with Gasteiger partial charge in [-0.25, -0.2) is 0 Å². The molecule has 5 heteroatoms. The highest BCUT2D eigenvalue weighted by molar-refractivity contribution is 5.78. The van der Waals surface area contributed by atoms with E-state index in [-0.39, 0.29) is 0 Å². The molecule has 0 bridgehead atoms. The van der Waals surface area contributed by atoms with Gasteiger partial charge in [0.2, 0.25) is 0 Å². The molecule has 0 aliphatic rings. The Hall–Kier alpha value is -0.650. The summed E-state index contributed by atoms with van der Waals surface area (Å²) in [6.45, 7) is 12.6. The van der Waals surface area contributed by atoms with Gasteiger partial charge >= 0.3 is 5.97 Å². The summed E-state index contributed by atoms with van der Waals surface area (Å²) in [7, 11) is 1.72. The van der Waals surface area contributed by atoms with E-state index >= 15 is 0 Å². The number of hydrogen-bond acceptors (Lipinski definition) is 4. The van der Waals surface area contributed by atoms with Crippen molar-refractivity contribution in [2.75, 3.05) is 39.9 Å². The molecule has 0 spiro atoms. The molecule has 0 amide bonds. The second-order valence-corrected chi connectivity index (χ2v) is 6.31. The van der Waals surface area contributed by atoms with Gasteiger partial charge in [-0.15, -0.1) is 0 Å². The maximum atomic E-state index is 11.3. The van der Waals surface area contributed by atoms with Gasteiger partial charge in [0.25, 0.3) is 0 Å². The number of methoxy groups -OCH3 is 1. The topological polar surface area (TPSA) is 61.8 Å². The van der Waals surface area contributed by atoms with E-state index < -0.39 is 11.5 Å². The number of unbranched alkanes of at least 4 members (excludes halogenated alkanes) is 1. The Morgan fingerprint density at radius 2 is 2.00 bits per heavy atom. The number of carbonyl (C=O) groups is 1. The number of rotatable bonds is 13. The molecule has 0 aromatic carbocycles. The molecule has 0 saturated carbocycles. The lowest BCUT2D eigenvalue weighted by Gasteiger charge is -2.27. The monoisotopic (exact) mass is 302 g/mol. The van der Waals surface area contributed by atoms with E-state index in [0.717, 1.165) is 39.1 Å². The van der Waals surface area contributed by atoms with E-state index in [2.05, 4.69) is 24.1 Å². The summed E-state index contributed by atoms with van der Waals surface area (Å²) in [5, 5.41) is 12.4. The summed E-state index contributed by atoms with van der Waals surface area (Å²) in [6, 6.07) is 0. The summed E-state index contributed by atoms with van der Waals surface area (Å²) in [4.78, 5) is 13.7. The van der Waals surface area contributed by atoms with Crippen molar-refractivity contribution in [1.82, 2.24) is 10.2 Å². The van der Waals surface area contributed by atoms with Gasteiger partial charge < -0.3 is 20.1 Å². The van der Waals surface area contributed by atoms with Crippen molar-refractivity contribution in [2.45, 2.75) is 52.5 Å². The number of nitrogens with one attached hydrogen (secondary N) is 1. The Kier molecular flexibility index (Phi) is 10.6. The summed E-state index contributed by atoms with van der Waals surface area (Å²) >= 11 is 0. The zero-order valence-electron chi connectivity index (χ0n) is 14.4. The Morgan fingerprint density at radius 1 is 1.33 bits per heavy atom. The van der Waals surface area contributed by atoms with E-state index in [1.54, 1.807) is 14.0 Å². The third-order valence-corrected chi connectivity index (χ3v) is 3.68. The molecule has 0 heterocycles. The Morgan fingerprint density at radius 3 is 2.48 bits per heavy atom. The van der Waals surface area contributed by atoms with Crippen LogP contribution in [-0.2, 0) is 9.53 Å². The summed E-state index contributed by atoms with van der Waals surface area (Å²) < 4.78 is 5.15. The van der Waals surface area contributed by atoms with Crippen molar-refractivity contribution in [3.8, 4) is 0 Å². The fraction of sp³-hybridized carbons (Fsp3) is 0.938. The van der Waals surface area contributed by atoms with Crippen molar-refractivity contribution in [3.05, 3.63) is 0 Å². The van der Waals surface area contributed by atoms with Crippen LogP contribution in [0.4, 0.5) is 0 Å². The number of likely N-dealkylation sites (N-methyl/N-ethyl adjacent to an activating group) is 1. The molecule has 0 rings (SSSR count). The maximum absolute atomic E-state index is 11.3. The van der Waals surface area contributed by atoms with Crippen LogP contribution in [0.25, 0.3) is 0 Å². The van der Waals surface area contributed by atoms with Crippen LogP contribution in [0.1, 0.15) is 47.0 Å². The third kappa shape index (κ3) is 9.06. The molecule has 0 aliphatic heterocycles. The van der Waals surface area contributed by atoms with Gasteiger partial charge in [-0.2, -0.15) is 0 Å². The van der Waals surface area contributed by atoms with Gasteiger partial charge in [-0.05, 0) is 45.2 Å². The van der Waals surface area contributed by atoms with Crippen LogP contribution in [0.15, 0.2) is 0 Å². The zero-order valence-corrected chi connectivity index (χ0v) is 14.4. The zero-order chi connectivity index (χ0) is 16.3. The average Bonchev–Trinajstić information content (AvgIpc) is 2.40. The Labute approximate surface area is 130 Å². The fourth-order valence-electron chi connectivity index (χ4n) is 2.51. The first kappa shape index (κ1) is 20.3. The highest BCUT2D eigenvalue weighted by Gasteiger charge is 2.31. The number of hydrogen-bond donors (Lipinski definition) is 2. The first-order chi connectivity index (χ1) is 9.85. The predicted octanol–water partition coefficient (Wildman–Crippen LogP) is 2.21. The Bertz CT molecular complexity index is 285. The van der Waals surface area contributed by atoms with Crippen LogP contribution in [0, 0.1) is 5.92 Å². The van der Waals surface area contributed by atoms with E-state index in [9.17, 15) is 9.90 Å². The molecule has 0 aromatic rings. The molecule has 21 heavy (non-hydrogen) atoms. The van der Waals surface area contributed by atoms with Gasteiger partial charge in [-0.1, -0.05) is 20.8 Å². The van der Waals surface area contributed by atoms with Gasteiger partial charge in [0.15, 0.2) is 0 Å². The molecule has 2 N–H and O–H groups in total. The molecule has 1 unspecified atom stereocenters. The minimum Gasteiger partial charge on any atom is -0.480 e. The minimum atomic E-state index is -0.801. The van der Waals surface area contributed by atoms with Gasteiger partial charge in [0.1, 0.15) is 5.54 Å². The van der Waals surface area contributed by atoms with Crippen molar-refractivity contribution >= 4 is 5.97 Å². The third-order valence-electron chi connectivity index (χ3n) is 3.68. The molecular formula is C16H34N2O3. The van der Waals surface area contributed by atoms with Crippen LogP contribution in [0.5, 0.6) is 0 Å². The summed E-state index contributed by atoms with van der Waals surface area (Å²) in [6.07, 6.45) is 2.60. The lowest BCUT2D eigenvalue weighted by Crippen LogP contribution is -2.49. The van der Waals surface area contributed by atoms with Crippen LogP contribution in [0.2, 0.25) is 0 Å². The highest BCUT2D eigenvalue weighted by atomic mass is 16.5. The molecule has 126 valence electrons. The summed E-state index contributed by atoms with van der Waals surface area (Å²) in [5.41, 5.74) is -0.801. The van der Waals surface area contributed by atoms with E-state index in [4.69, 9.17) is 4.74 Å². The summed E-state index contributed by atoms with van der Waals surface area (Å²) in [5.74, 6) is -0.129. The smallest absolute Gasteiger partial charge is 0.323 e. The fourth-order valence-corrected chi connectivity index (χ4v) is 2.51. The second-order valence-electron chi connectivity index (χ2n) is 6.31. The van der Waals surface area contributed by atoms with Crippen LogP contribution >= 0.6 is 0 Å². The number of ether oxygens (including phenoxy) is 1. The first-order valence-corrected chi connectivity index (χ1v) is 8.05. The van der Waals surface area contributed by atoms with Gasteiger partial charge in [-0.3, -0.25) is 4.79 Å². The lowest BCUT2D eigenvalue weighted by molar-refractivity contribution is -0.144. The van der Waals surface area contributed by atoms with Crippen LogP contribution in [-0.4, -0.2) is 61.4 Å². The van der Waals surface area contributed by atoms with Crippen molar-refractivity contribution in [2.24, 2.45) is 5.92 Å². The minimum absolute atomic E-state index is 0.632. The van der Waals surface area contributed by atoms with Crippen LogP contribution in [0.3, 0.4) is 0 Å². The van der Waals surface area contributed by atoms with Crippen molar-refractivity contribution in [1.29, 1.82) is 0 Å². The molecule has 0 fully saturated rings. The molecule has 0 aromatic heterocycles. The quantitative estimate of drug-likeness (QED) is 0.511. The van der Waals surface area contributed by atoms with Crippen molar-refractivity contribution < 1.29 is 14.6 Å².